The zero-order valence-corrected chi connectivity index (χ0v) is 19.2. The van der Waals surface area contributed by atoms with Gasteiger partial charge in [-0.2, -0.15) is 0 Å². The van der Waals surface area contributed by atoms with E-state index in [1.807, 2.05) is 6.92 Å². The summed E-state index contributed by atoms with van der Waals surface area (Å²) in [5, 5.41) is 7.37. The lowest BCUT2D eigenvalue weighted by atomic mass is 9.55. The van der Waals surface area contributed by atoms with Gasteiger partial charge in [-0.05, 0) is 61.7 Å². The maximum absolute atomic E-state index is 13.4. The molecule has 0 amide bonds. The zero-order valence-electron chi connectivity index (χ0n) is 19.2. The summed E-state index contributed by atoms with van der Waals surface area (Å²) in [5.41, 5.74) is 0.00704. The highest BCUT2D eigenvalue weighted by Gasteiger charge is 2.53. The van der Waals surface area contributed by atoms with Crippen LogP contribution in [0.25, 0.3) is 32.3 Å². The second-order valence-corrected chi connectivity index (χ2v) is 10.8. The molecule has 2 heteroatoms. The molecule has 0 atom stereocenters. The fourth-order valence-corrected chi connectivity index (χ4v) is 4.98. The molecule has 30 heavy (non-hydrogen) atoms. The Labute approximate surface area is 179 Å². The van der Waals surface area contributed by atoms with Gasteiger partial charge in [0, 0.05) is 0 Å². The third kappa shape index (κ3) is 2.96. The van der Waals surface area contributed by atoms with Crippen LogP contribution >= 0.6 is 0 Å². The molecule has 156 valence electrons. The summed E-state index contributed by atoms with van der Waals surface area (Å²) < 4.78 is 6.03. The lowest BCUT2D eigenvalue weighted by Gasteiger charge is -2.48. The monoisotopic (exact) mass is 400 g/mol. The van der Waals surface area contributed by atoms with Crippen LogP contribution in [-0.2, 0) is 16.1 Å². The molecule has 0 spiro atoms. The number of ether oxygens (including phenoxy) is 1. The number of carbonyl (C=O) groups excluding carboxylic acids is 1. The van der Waals surface area contributed by atoms with E-state index >= 15 is 0 Å². The largest absolute Gasteiger partial charge is 0.460 e. The van der Waals surface area contributed by atoms with Gasteiger partial charge < -0.3 is 4.74 Å². The van der Waals surface area contributed by atoms with Crippen LogP contribution in [0.3, 0.4) is 0 Å². The number of hydrogen-bond donors (Lipinski definition) is 0. The number of esters is 1. The first-order chi connectivity index (χ1) is 13.9. The number of carbonyl (C=O) groups is 1. The highest BCUT2D eigenvalue weighted by molar-refractivity contribution is 6.23. The molecule has 0 fully saturated rings. The maximum Gasteiger partial charge on any atom is 0.313 e. The van der Waals surface area contributed by atoms with Crippen molar-refractivity contribution in [3.63, 3.8) is 0 Å². The van der Waals surface area contributed by atoms with E-state index in [2.05, 4.69) is 96.1 Å². The number of benzene rings is 4. The normalized spacial score (nSPS) is 13.4. The Morgan fingerprint density at radius 1 is 0.733 bits per heavy atom. The van der Waals surface area contributed by atoms with Crippen LogP contribution in [0.4, 0.5) is 0 Å². The Balaban J connectivity index is 1.79. The number of hydrogen-bond acceptors (Lipinski definition) is 2. The van der Waals surface area contributed by atoms with Gasteiger partial charge >= 0.3 is 5.97 Å². The van der Waals surface area contributed by atoms with E-state index in [4.69, 9.17) is 4.74 Å². The van der Waals surface area contributed by atoms with E-state index in [1.165, 1.54) is 26.9 Å². The molecule has 2 nitrogen and oxygen atoms in total. The molecular weight excluding hydrogens is 368 g/mol. The molecular formula is C28H32O2. The Bertz CT molecular complexity index is 1220. The highest BCUT2D eigenvalue weighted by atomic mass is 16.5. The van der Waals surface area contributed by atoms with Crippen molar-refractivity contribution in [2.45, 2.75) is 55.1 Å². The molecule has 4 aromatic carbocycles. The summed E-state index contributed by atoms with van der Waals surface area (Å²) in [5.74, 6) is -0.132. The molecule has 0 bridgehead atoms. The van der Waals surface area contributed by atoms with Crippen molar-refractivity contribution in [1.82, 2.24) is 0 Å². The van der Waals surface area contributed by atoms with E-state index < -0.39 is 5.41 Å². The minimum absolute atomic E-state index is 0.132. The van der Waals surface area contributed by atoms with Crippen LogP contribution in [0.15, 0.2) is 54.6 Å². The molecule has 0 N–H and O–H groups in total. The SMILES string of the molecule is CC(C)(C)C(C)(C(=O)OCc1cc2cccc3ccc4cccc1c4c32)C(C)(C)C. The van der Waals surface area contributed by atoms with Gasteiger partial charge in [0.15, 0.2) is 0 Å². The minimum atomic E-state index is -0.612. The summed E-state index contributed by atoms with van der Waals surface area (Å²) in [6.45, 7) is 15.1. The van der Waals surface area contributed by atoms with E-state index in [9.17, 15) is 4.79 Å². The fourth-order valence-electron chi connectivity index (χ4n) is 4.98. The van der Waals surface area contributed by atoms with Crippen LogP contribution in [0.2, 0.25) is 0 Å². The standard InChI is InChI=1S/C28H32O2/c1-26(2,3)28(7,27(4,5)6)25(29)30-17-21-16-20-12-8-10-18-14-15-19-11-9-13-22(21)24(19)23(18)20/h8-16H,17H2,1-7H3. The first kappa shape index (κ1) is 20.7. The maximum atomic E-state index is 13.4. The lowest BCUT2D eigenvalue weighted by Crippen LogP contribution is -2.50. The molecule has 0 saturated carbocycles. The third-order valence-electron chi connectivity index (χ3n) is 7.36. The molecule has 0 saturated heterocycles. The van der Waals surface area contributed by atoms with Gasteiger partial charge in [-0.3, -0.25) is 4.79 Å². The van der Waals surface area contributed by atoms with Crippen molar-refractivity contribution in [3.05, 3.63) is 60.2 Å². The molecule has 0 aliphatic heterocycles. The summed E-state index contributed by atoms with van der Waals surface area (Å²) in [7, 11) is 0. The Morgan fingerprint density at radius 3 is 1.87 bits per heavy atom. The quantitative estimate of drug-likeness (QED) is 0.260. The summed E-state index contributed by atoms with van der Waals surface area (Å²) in [6.07, 6.45) is 0. The van der Waals surface area contributed by atoms with E-state index in [-0.39, 0.29) is 23.4 Å². The highest BCUT2D eigenvalue weighted by Crippen LogP contribution is 2.52. The molecule has 0 aliphatic carbocycles. The third-order valence-corrected chi connectivity index (χ3v) is 7.36. The summed E-state index contributed by atoms with van der Waals surface area (Å²) in [4.78, 5) is 13.4. The van der Waals surface area contributed by atoms with Crippen LogP contribution in [0.5, 0.6) is 0 Å². The van der Waals surface area contributed by atoms with E-state index in [0.717, 1.165) is 10.9 Å². The average molecular weight is 401 g/mol. The first-order valence-corrected chi connectivity index (χ1v) is 10.8. The van der Waals surface area contributed by atoms with E-state index in [0.29, 0.717) is 0 Å². The Morgan fingerprint density at radius 2 is 1.27 bits per heavy atom. The van der Waals surface area contributed by atoms with Crippen LogP contribution < -0.4 is 0 Å². The van der Waals surface area contributed by atoms with Crippen molar-refractivity contribution in [3.8, 4) is 0 Å². The van der Waals surface area contributed by atoms with Gasteiger partial charge in [-0.25, -0.2) is 0 Å². The van der Waals surface area contributed by atoms with Crippen molar-refractivity contribution in [2.75, 3.05) is 0 Å². The van der Waals surface area contributed by atoms with Gasteiger partial charge in [-0.15, -0.1) is 0 Å². The van der Waals surface area contributed by atoms with Gasteiger partial charge in [0.2, 0.25) is 0 Å². The zero-order chi connectivity index (χ0) is 21.9. The Kier molecular flexibility index (Phi) is 4.61. The second kappa shape index (κ2) is 6.70. The summed E-state index contributed by atoms with van der Waals surface area (Å²) >= 11 is 0. The molecule has 0 aliphatic rings. The van der Waals surface area contributed by atoms with E-state index in [1.54, 1.807) is 0 Å². The van der Waals surface area contributed by atoms with Crippen LogP contribution in [0.1, 0.15) is 54.0 Å². The van der Waals surface area contributed by atoms with Crippen molar-refractivity contribution in [1.29, 1.82) is 0 Å². The van der Waals surface area contributed by atoms with Gasteiger partial charge in [0.25, 0.3) is 0 Å². The second-order valence-electron chi connectivity index (χ2n) is 10.8. The fraction of sp³-hybridized carbons (Fsp3) is 0.393. The lowest BCUT2D eigenvalue weighted by molar-refractivity contribution is -0.174. The molecule has 4 rings (SSSR count). The molecule has 0 aromatic heterocycles. The number of rotatable bonds is 3. The predicted molar refractivity (Wildman–Crippen MR) is 127 cm³/mol. The molecule has 0 unspecified atom stereocenters. The molecule has 4 aromatic rings. The Hall–Kier alpha value is -2.61. The van der Waals surface area contributed by atoms with Crippen molar-refractivity contribution < 1.29 is 9.53 Å². The topological polar surface area (TPSA) is 26.3 Å². The van der Waals surface area contributed by atoms with Gasteiger partial charge in [-0.1, -0.05) is 90.1 Å². The van der Waals surface area contributed by atoms with Gasteiger partial charge in [0.05, 0.1) is 5.41 Å². The van der Waals surface area contributed by atoms with Crippen LogP contribution in [-0.4, -0.2) is 5.97 Å². The first-order valence-electron chi connectivity index (χ1n) is 10.8. The van der Waals surface area contributed by atoms with Crippen LogP contribution in [0, 0.1) is 16.2 Å². The minimum Gasteiger partial charge on any atom is -0.460 e. The van der Waals surface area contributed by atoms with Crippen molar-refractivity contribution in [2.24, 2.45) is 16.2 Å². The average Bonchev–Trinajstić information content (AvgIpc) is 2.68. The molecule has 0 heterocycles. The smallest absolute Gasteiger partial charge is 0.313 e. The summed E-state index contributed by atoms with van der Waals surface area (Å²) in [6, 6.07) is 19.3. The van der Waals surface area contributed by atoms with Crippen molar-refractivity contribution >= 4 is 38.3 Å². The van der Waals surface area contributed by atoms with Gasteiger partial charge in [0.1, 0.15) is 6.61 Å². The molecule has 0 radical (unpaired) electrons. The predicted octanol–water partition coefficient (Wildman–Crippen LogP) is 7.73.